The van der Waals surface area contributed by atoms with Gasteiger partial charge in [-0.1, -0.05) is 13.8 Å². The average molecular weight is 188 g/mol. The Hall–Kier alpha value is -0.570. The molecule has 0 rings (SSSR count). The number of hydrogen-bond donors (Lipinski definition) is 1. The zero-order valence-corrected chi connectivity index (χ0v) is 8.75. The number of carboxylic acids is 1. The Bertz CT molecular complexity index is 143. The summed E-state index contributed by atoms with van der Waals surface area (Å²) in [6.07, 6.45) is 2.09. The number of ether oxygens (including phenoxy) is 1. The average Bonchev–Trinajstić information content (AvgIpc) is 1.96. The van der Waals surface area contributed by atoms with E-state index in [0.717, 1.165) is 6.42 Å². The predicted molar refractivity (Wildman–Crippen MR) is 51.7 cm³/mol. The van der Waals surface area contributed by atoms with Crippen molar-refractivity contribution in [3.8, 4) is 0 Å². The molecule has 0 aliphatic carbocycles. The van der Waals surface area contributed by atoms with Crippen LogP contribution in [0, 0.1) is 5.92 Å². The monoisotopic (exact) mass is 188 g/mol. The van der Waals surface area contributed by atoms with Crippen LogP contribution < -0.4 is 0 Å². The summed E-state index contributed by atoms with van der Waals surface area (Å²) in [5.41, 5.74) is 0. The molecule has 0 spiro atoms. The molecule has 0 heterocycles. The van der Waals surface area contributed by atoms with Crippen molar-refractivity contribution in [2.45, 2.75) is 46.1 Å². The molecular weight excluding hydrogens is 168 g/mol. The minimum absolute atomic E-state index is 0.203. The van der Waals surface area contributed by atoms with E-state index in [-0.39, 0.29) is 12.5 Å². The SMILES string of the molecule is CC(C)CC(C)OCCCC(=O)O. The van der Waals surface area contributed by atoms with Crippen molar-refractivity contribution >= 4 is 5.97 Å². The van der Waals surface area contributed by atoms with E-state index in [2.05, 4.69) is 13.8 Å². The largest absolute Gasteiger partial charge is 0.481 e. The van der Waals surface area contributed by atoms with Gasteiger partial charge in [0, 0.05) is 13.0 Å². The van der Waals surface area contributed by atoms with Crippen molar-refractivity contribution in [1.82, 2.24) is 0 Å². The Morgan fingerprint density at radius 3 is 2.46 bits per heavy atom. The van der Waals surface area contributed by atoms with Gasteiger partial charge in [-0.2, -0.15) is 0 Å². The van der Waals surface area contributed by atoms with Crippen molar-refractivity contribution in [3.05, 3.63) is 0 Å². The summed E-state index contributed by atoms with van der Waals surface area (Å²) in [7, 11) is 0. The van der Waals surface area contributed by atoms with E-state index < -0.39 is 5.97 Å². The molecule has 0 aromatic carbocycles. The van der Waals surface area contributed by atoms with Crippen LogP contribution in [-0.2, 0) is 9.53 Å². The zero-order valence-electron chi connectivity index (χ0n) is 8.75. The van der Waals surface area contributed by atoms with Gasteiger partial charge < -0.3 is 9.84 Å². The van der Waals surface area contributed by atoms with Crippen LogP contribution in [0.4, 0.5) is 0 Å². The van der Waals surface area contributed by atoms with Gasteiger partial charge >= 0.3 is 5.97 Å². The molecule has 3 nitrogen and oxygen atoms in total. The third-order valence-electron chi connectivity index (χ3n) is 1.74. The number of aliphatic carboxylic acids is 1. The Balaban J connectivity index is 3.26. The van der Waals surface area contributed by atoms with Crippen LogP contribution in [0.2, 0.25) is 0 Å². The molecular formula is C10H20O3. The fourth-order valence-corrected chi connectivity index (χ4v) is 1.24. The predicted octanol–water partition coefficient (Wildman–Crippen LogP) is 2.30. The first-order valence-corrected chi connectivity index (χ1v) is 4.85. The lowest BCUT2D eigenvalue weighted by Gasteiger charge is -2.14. The van der Waals surface area contributed by atoms with E-state index in [1.165, 1.54) is 0 Å². The van der Waals surface area contributed by atoms with Gasteiger partial charge in [-0.05, 0) is 25.7 Å². The number of carboxylic acid groups (broad SMARTS) is 1. The second-order valence-electron chi connectivity index (χ2n) is 3.81. The van der Waals surface area contributed by atoms with Gasteiger partial charge in [0.05, 0.1) is 6.10 Å². The van der Waals surface area contributed by atoms with Crippen LogP contribution in [0.5, 0.6) is 0 Å². The Kier molecular flexibility index (Phi) is 6.59. The van der Waals surface area contributed by atoms with Crippen molar-refractivity contribution in [3.63, 3.8) is 0 Å². The van der Waals surface area contributed by atoms with Crippen LogP contribution in [-0.4, -0.2) is 23.8 Å². The Morgan fingerprint density at radius 1 is 1.38 bits per heavy atom. The lowest BCUT2D eigenvalue weighted by Crippen LogP contribution is -2.12. The van der Waals surface area contributed by atoms with Crippen LogP contribution in [0.1, 0.15) is 40.0 Å². The van der Waals surface area contributed by atoms with Crippen molar-refractivity contribution in [2.24, 2.45) is 5.92 Å². The molecule has 0 aromatic heterocycles. The molecule has 0 aromatic rings. The maximum atomic E-state index is 10.2. The van der Waals surface area contributed by atoms with Crippen molar-refractivity contribution in [1.29, 1.82) is 0 Å². The molecule has 0 fully saturated rings. The highest BCUT2D eigenvalue weighted by Crippen LogP contribution is 2.07. The molecule has 1 N–H and O–H groups in total. The second-order valence-corrected chi connectivity index (χ2v) is 3.81. The molecule has 0 saturated heterocycles. The molecule has 0 aliphatic heterocycles. The molecule has 78 valence electrons. The maximum Gasteiger partial charge on any atom is 0.303 e. The summed E-state index contributed by atoms with van der Waals surface area (Å²) < 4.78 is 5.44. The van der Waals surface area contributed by atoms with Crippen LogP contribution in [0.3, 0.4) is 0 Å². The third kappa shape index (κ3) is 9.34. The standard InChI is InChI=1S/C10H20O3/c1-8(2)7-9(3)13-6-4-5-10(11)12/h8-9H,4-7H2,1-3H3,(H,11,12). The first kappa shape index (κ1) is 12.4. The van der Waals surface area contributed by atoms with E-state index in [1.807, 2.05) is 6.92 Å². The van der Waals surface area contributed by atoms with Gasteiger partial charge in [-0.25, -0.2) is 0 Å². The lowest BCUT2D eigenvalue weighted by molar-refractivity contribution is -0.137. The minimum atomic E-state index is -0.750. The van der Waals surface area contributed by atoms with Gasteiger partial charge in [0.1, 0.15) is 0 Å². The number of carbonyl (C=O) groups is 1. The Labute approximate surface area is 80.1 Å². The van der Waals surface area contributed by atoms with Crippen molar-refractivity contribution < 1.29 is 14.6 Å². The van der Waals surface area contributed by atoms with Gasteiger partial charge in [0.15, 0.2) is 0 Å². The van der Waals surface area contributed by atoms with E-state index in [4.69, 9.17) is 9.84 Å². The van der Waals surface area contributed by atoms with Gasteiger partial charge in [0.25, 0.3) is 0 Å². The smallest absolute Gasteiger partial charge is 0.303 e. The van der Waals surface area contributed by atoms with Gasteiger partial charge in [0.2, 0.25) is 0 Å². The molecule has 0 amide bonds. The van der Waals surface area contributed by atoms with Crippen LogP contribution in [0.15, 0.2) is 0 Å². The first-order chi connectivity index (χ1) is 6.02. The van der Waals surface area contributed by atoms with E-state index in [1.54, 1.807) is 0 Å². The topological polar surface area (TPSA) is 46.5 Å². The lowest BCUT2D eigenvalue weighted by atomic mass is 10.1. The van der Waals surface area contributed by atoms with Crippen molar-refractivity contribution in [2.75, 3.05) is 6.61 Å². The second kappa shape index (κ2) is 6.89. The van der Waals surface area contributed by atoms with E-state index >= 15 is 0 Å². The summed E-state index contributed by atoms with van der Waals surface area (Å²) in [4.78, 5) is 10.2. The summed E-state index contributed by atoms with van der Waals surface area (Å²) in [5, 5.41) is 8.37. The van der Waals surface area contributed by atoms with Gasteiger partial charge in [-0.3, -0.25) is 4.79 Å². The molecule has 13 heavy (non-hydrogen) atoms. The molecule has 0 aliphatic rings. The highest BCUT2D eigenvalue weighted by Gasteiger charge is 2.05. The first-order valence-electron chi connectivity index (χ1n) is 4.85. The molecule has 0 radical (unpaired) electrons. The van der Waals surface area contributed by atoms with E-state index in [0.29, 0.717) is 18.9 Å². The highest BCUT2D eigenvalue weighted by molar-refractivity contribution is 5.66. The molecule has 1 unspecified atom stereocenters. The quantitative estimate of drug-likeness (QED) is 0.623. The molecule has 3 heteroatoms. The zero-order chi connectivity index (χ0) is 10.3. The van der Waals surface area contributed by atoms with E-state index in [9.17, 15) is 4.79 Å². The summed E-state index contributed by atoms with van der Waals surface area (Å²) in [5.74, 6) is -0.116. The number of rotatable bonds is 7. The highest BCUT2D eigenvalue weighted by atomic mass is 16.5. The fourth-order valence-electron chi connectivity index (χ4n) is 1.24. The normalized spacial score (nSPS) is 13.2. The maximum absolute atomic E-state index is 10.2. The Morgan fingerprint density at radius 2 is 2.00 bits per heavy atom. The number of hydrogen-bond acceptors (Lipinski definition) is 2. The minimum Gasteiger partial charge on any atom is -0.481 e. The van der Waals surface area contributed by atoms with Crippen LogP contribution >= 0.6 is 0 Å². The third-order valence-corrected chi connectivity index (χ3v) is 1.74. The fraction of sp³-hybridized carbons (Fsp3) is 0.900. The summed E-state index contributed by atoms with van der Waals surface area (Å²) >= 11 is 0. The summed E-state index contributed by atoms with van der Waals surface area (Å²) in [6, 6.07) is 0. The molecule has 1 atom stereocenters. The molecule has 0 bridgehead atoms. The van der Waals surface area contributed by atoms with Crippen LogP contribution in [0.25, 0.3) is 0 Å². The summed E-state index contributed by atoms with van der Waals surface area (Å²) in [6.45, 7) is 6.88. The van der Waals surface area contributed by atoms with Gasteiger partial charge in [-0.15, -0.1) is 0 Å². The molecule has 0 saturated carbocycles.